The predicted octanol–water partition coefficient (Wildman–Crippen LogP) is -2.77. The number of ether oxygens (including phenoxy) is 3. The molecule has 0 aromatic heterocycles. The molecule has 2 rings (SSSR count). The molecule has 0 spiro atoms. The van der Waals surface area contributed by atoms with E-state index in [1.807, 2.05) is 6.92 Å². The molecule has 0 radical (unpaired) electrons. The molecule has 1 aliphatic carbocycles. The lowest BCUT2D eigenvalue weighted by atomic mass is 9.83. The number of amides is 2. The highest BCUT2D eigenvalue weighted by molar-refractivity contribution is 5.80. The Morgan fingerprint density at radius 2 is 2.07 bits per heavy atom. The van der Waals surface area contributed by atoms with E-state index in [4.69, 9.17) is 31.4 Å². The van der Waals surface area contributed by atoms with Crippen LogP contribution in [0.15, 0.2) is 0 Å². The van der Waals surface area contributed by atoms with Crippen molar-refractivity contribution in [2.45, 2.75) is 81.1 Å². The molecule has 9 unspecified atom stereocenters. The molecule has 0 bridgehead atoms. The third kappa shape index (κ3) is 5.63. The van der Waals surface area contributed by atoms with E-state index in [0.29, 0.717) is 19.3 Å². The molecule has 0 aromatic rings. The summed E-state index contributed by atoms with van der Waals surface area (Å²) in [5, 5.41) is 13.4. The summed E-state index contributed by atoms with van der Waals surface area (Å²) in [6.45, 7) is 1.66. The Morgan fingerprint density at radius 1 is 1.38 bits per heavy atom. The minimum Gasteiger partial charge on any atom is -0.388 e. The summed E-state index contributed by atoms with van der Waals surface area (Å²) in [6, 6.07) is -1.82. The first-order chi connectivity index (χ1) is 13.7. The summed E-state index contributed by atoms with van der Waals surface area (Å²) in [6.07, 6.45) is -1.20. The lowest BCUT2D eigenvalue weighted by molar-refractivity contribution is -0.257. The minimum atomic E-state index is -1.14. The number of nitrogens with one attached hydrogen (secondary N) is 1. The number of nitrogens with two attached hydrogens (primary N) is 3. The van der Waals surface area contributed by atoms with Crippen LogP contribution in [0.1, 0.15) is 26.2 Å². The molecule has 0 aromatic carbocycles. The van der Waals surface area contributed by atoms with E-state index >= 15 is 0 Å². The summed E-state index contributed by atoms with van der Waals surface area (Å²) in [4.78, 5) is 24.2. The first-order valence-corrected chi connectivity index (χ1v) is 9.92. The number of aliphatic hydroxyl groups excluding tert-OH is 1. The molecule has 2 fully saturated rings. The Morgan fingerprint density at radius 3 is 2.66 bits per heavy atom. The van der Waals surface area contributed by atoms with Crippen LogP contribution in [-0.2, 0) is 23.8 Å². The molecule has 9 atom stereocenters. The van der Waals surface area contributed by atoms with Crippen LogP contribution in [-0.4, -0.2) is 97.9 Å². The average molecular weight is 418 g/mol. The fourth-order valence-electron chi connectivity index (χ4n) is 4.03. The molecular formula is C18H35N5O6. The van der Waals surface area contributed by atoms with Gasteiger partial charge in [-0.15, -0.1) is 0 Å². The van der Waals surface area contributed by atoms with Gasteiger partial charge in [-0.05, 0) is 26.2 Å². The lowest BCUT2D eigenvalue weighted by Gasteiger charge is -2.48. The quantitative estimate of drug-likeness (QED) is 0.262. The van der Waals surface area contributed by atoms with Crippen LogP contribution in [0.5, 0.6) is 0 Å². The summed E-state index contributed by atoms with van der Waals surface area (Å²) in [5.74, 6) is -0.375. The molecule has 2 aliphatic rings. The molecule has 168 valence electrons. The molecule has 29 heavy (non-hydrogen) atoms. The number of methoxy groups -OCH3 is 1. The van der Waals surface area contributed by atoms with Gasteiger partial charge in [-0.25, -0.2) is 0 Å². The van der Waals surface area contributed by atoms with Gasteiger partial charge in [0.15, 0.2) is 6.29 Å². The zero-order valence-electron chi connectivity index (χ0n) is 17.3. The summed E-state index contributed by atoms with van der Waals surface area (Å²) in [5.41, 5.74) is 18.4. The molecule has 11 heteroatoms. The zero-order valence-corrected chi connectivity index (χ0v) is 17.3. The van der Waals surface area contributed by atoms with Gasteiger partial charge in [0, 0.05) is 26.2 Å². The number of nitrogens with zero attached hydrogens (tertiary/aromatic N) is 1. The largest absolute Gasteiger partial charge is 0.388 e. The van der Waals surface area contributed by atoms with Gasteiger partial charge in [-0.2, -0.15) is 0 Å². The standard InChI is InChI=1S/C18H35N5O6/c1-9(19)12-5-4-10(20)18(28-12)29-17-11(21)6-13(27-3)15(16(17)26)23(2)14(25)7-22-8-24/h8-13,15-18,26H,4-7,19-21H2,1-3H3,(H,22,24). The van der Waals surface area contributed by atoms with E-state index in [2.05, 4.69) is 5.32 Å². The molecule has 1 saturated heterocycles. The molecule has 8 N–H and O–H groups in total. The van der Waals surface area contributed by atoms with Crippen molar-refractivity contribution in [3.8, 4) is 0 Å². The number of carbonyl (C=O) groups excluding carboxylic acids is 2. The number of hydrogen-bond acceptors (Lipinski definition) is 9. The van der Waals surface area contributed by atoms with Gasteiger partial charge < -0.3 is 46.7 Å². The van der Waals surface area contributed by atoms with Crippen LogP contribution < -0.4 is 22.5 Å². The van der Waals surface area contributed by atoms with Gasteiger partial charge in [0.1, 0.15) is 12.2 Å². The first-order valence-electron chi connectivity index (χ1n) is 9.92. The van der Waals surface area contributed by atoms with Crippen molar-refractivity contribution in [3.63, 3.8) is 0 Å². The summed E-state index contributed by atoms with van der Waals surface area (Å²) >= 11 is 0. The topological polar surface area (TPSA) is 175 Å². The highest BCUT2D eigenvalue weighted by atomic mass is 16.7. The van der Waals surface area contributed by atoms with Crippen molar-refractivity contribution < 1.29 is 28.9 Å². The Kier molecular flexibility index (Phi) is 8.76. The highest BCUT2D eigenvalue weighted by Gasteiger charge is 2.48. The van der Waals surface area contributed by atoms with Gasteiger partial charge >= 0.3 is 0 Å². The maximum absolute atomic E-state index is 12.4. The summed E-state index contributed by atoms with van der Waals surface area (Å²) in [7, 11) is 3.03. The predicted molar refractivity (Wildman–Crippen MR) is 104 cm³/mol. The molecular weight excluding hydrogens is 382 g/mol. The molecule has 1 heterocycles. The third-order valence-corrected chi connectivity index (χ3v) is 5.79. The van der Waals surface area contributed by atoms with Crippen LogP contribution in [0.2, 0.25) is 0 Å². The van der Waals surface area contributed by atoms with Gasteiger partial charge in [0.05, 0.1) is 30.8 Å². The van der Waals surface area contributed by atoms with Crippen molar-refractivity contribution in [3.05, 3.63) is 0 Å². The van der Waals surface area contributed by atoms with Crippen LogP contribution in [0.3, 0.4) is 0 Å². The van der Waals surface area contributed by atoms with Crippen LogP contribution in [0.25, 0.3) is 0 Å². The van der Waals surface area contributed by atoms with Crippen molar-refractivity contribution in [1.29, 1.82) is 0 Å². The normalized spacial score (nSPS) is 38.9. The smallest absolute Gasteiger partial charge is 0.242 e. The maximum atomic E-state index is 12.4. The monoisotopic (exact) mass is 417 g/mol. The molecule has 1 aliphatic heterocycles. The molecule has 1 saturated carbocycles. The van der Waals surface area contributed by atoms with Gasteiger partial charge in [-0.3, -0.25) is 9.59 Å². The second-order valence-corrected chi connectivity index (χ2v) is 7.90. The van der Waals surface area contributed by atoms with Crippen LogP contribution in [0, 0.1) is 0 Å². The fraction of sp³-hybridized carbons (Fsp3) is 0.889. The van der Waals surface area contributed by atoms with Crippen LogP contribution >= 0.6 is 0 Å². The Hall–Kier alpha value is -1.34. The molecule has 11 nitrogen and oxygen atoms in total. The second kappa shape index (κ2) is 10.6. The van der Waals surface area contributed by atoms with Crippen molar-refractivity contribution in [1.82, 2.24) is 10.2 Å². The van der Waals surface area contributed by atoms with E-state index in [1.54, 1.807) is 0 Å². The van der Waals surface area contributed by atoms with Crippen molar-refractivity contribution in [2.75, 3.05) is 20.7 Å². The maximum Gasteiger partial charge on any atom is 0.242 e. The summed E-state index contributed by atoms with van der Waals surface area (Å²) < 4.78 is 17.4. The number of rotatable bonds is 8. The Bertz CT molecular complexity index is 553. The van der Waals surface area contributed by atoms with Gasteiger partial charge in [-0.1, -0.05) is 0 Å². The highest BCUT2D eigenvalue weighted by Crippen LogP contribution is 2.30. The zero-order chi connectivity index (χ0) is 21.7. The number of likely N-dealkylation sites (N-methyl/N-ethyl adjacent to an activating group) is 1. The lowest BCUT2D eigenvalue weighted by Crippen LogP contribution is -2.67. The van der Waals surface area contributed by atoms with E-state index in [1.165, 1.54) is 19.1 Å². The van der Waals surface area contributed by atoms with Crippen molar-refractivity contribution in [2.24, 2.45) is 17.2 Å². The van der Waals surface area contributed by atoms with E-state index in [0.717, 1.165) is 6.42 Å². The van der Waals surface area contributed by atoms with Crippen molar-refractivity contribution >= 4 is 12.3 Å². The minimum absolute atomic E-state index is 0.182. The number of carbonyl (C=O) groups is 2. The Labute approximate surface area is 171 Å². The van der Waals surface area contributed by atoms with E-state index < -0.39 is 36.7 Å². The second-order valence-electron chi connectivity index (χ2n) is 7.90. The van der Waals surface area contributed by atoms with Gasteiger partial charge in [0.25, 0.3) is 0 Å². The average Bonchev–Trinajstić information content (AvgIpc) is 2.69. The Balaban J connectivity index is 2.14. The van der Waals surface area contributed by atoms with E-state index in [9.17, 15) is 14.7 Å². The fourth-order valence-corrected chi connectivity index (χ4v) is 4.03. The SMILES string of the molecule is COC1CC(N)C(OC2OC(C(C)N)CCC2N)C(O)C1N(C)C(=O)CNC=O. The number of aliphatic hydroxyl groups is 1. The first kappa shape index (κ1) is 23.9. The third-order valence-electron chi connectivity index (χ3n) is 5.79. The van der Waals surface area contributed by atoms with Gasteiger partial charge in [0.2, 0.25) is 12.3 Å². The van der Waals surface area contributed by atoms with Crippen LogP contribution in [0.4, 0.5) is 0 Å². The van der Waals surface area contributed by atoms with E-state index in [-0.39, 0.29) is 30.6 Å². The molecule has 2 amide bonds. The number of hydrogen-bond donors (Lipinski definition) is 5.